The molecule has 1 aromatic heterocycles. The van der Waals surface area contributed by atoms with Gasteiger partial charge in [-0.3, -0.25) is 19.5 Å². The molecule has 2 atom stereocenters. The second-order valence-electron chi connectivity index (χ2n) is 7.82. The SMILES string of the molecule is CCCCNC(=O)[C@H]1C[C@@H](C(=O)Nc2ccc(F)cc2)CN(Cc2ccncc2)C1. The molecular formula is C23H29FN4O2. The number of hydrogen-bond donors (Lipinski definition) is 2. The predicted molar refractivity (Wildman–Crippen MR) is 114 cm³/mol. The molecule has 160 valence electrons. The maximum atomic E-state index is 13.1. The average molecular weight is 413 g/mol. The molecule has 0 aliphatic carbocycles. The van der Waals surface area contributed by atoms with Crippen molar-refractivity contribution in [2.75, 3.05) is 25.0 Å². The summed E-state index contributed by atoms with van der Waals surface area (Å²) in [7, 11) is 0. The van der Waals surface area contributed by atoms with E-state index in [0.717, 1.165) is 18.4 Å². The van der Waals surface area contributed by atoms with Crippen LogP contribution in [0.2, 0.25) is 0 Å². The first-order chi connectivity index (χ1) is 14.5. The van der Waals surface area contributed by atoms with E-state index in [-0.39, 0.29) is 29.5 Å². The quantitative estimate of drug-likeness (QED) is 0.653. The summed E-state index contributed by atoms with van der Waals surface area (Å²) < 4.78 is 13.1. The minimum absolute atomic E-state index is 0.00228. The number of amides is 2. The Labute approximate surface area is 176 Å². The number of likely N-dealkylation sites (tertiary alicyclic amines) is 1. The lowest BCUT2D eigenvalue weighted by Gasteiger charge is -2.36. The number of carbonyl (C=O) groups excluding carboxylic acids is 2. The fourth-order valence-electron chi connectivity index (χ4n) is 3.76. The first-order valence-electron chi connectivity index (χ1n) is 10.5. The first-order valence-corrected chi connectivity index (χ1v) is 10.5. The normalized spacial score (nSPS) is 19.3. The topological polar surface area (TPSA) is 74.3 Å². The van der Waals surface area contributed by atoms with Gasteiger partial charge in [0.1, 0.15) is 5.82 Å². The third kappa shape index (κ3) is 6.35. The third-order valence-corrected chi connectivity index (χ3v) is 5.36. The van der Waals surface area contributed by atoms with E-state index in [1.165, 1.54) is 12.1 Å². The molecule has 1 aliphatic rings. The third-order valence-electron chi connectivity index (χ3n) is 5.36. The molecule has 1 saturated heterocycles. The largest absolute Gasteiger partial charge is 0.356 e. The number of nitrogens with zero attached hydrogens (tertiary/aromatic N) is 2. The van der Waals surface area contributed by atoms with E-state index in [9.17, 15) is 14.0 Å². The Morgan fingerprint density at radius 2 is 1.73 bits per heavy atom. The number of pyridine rings is 1. The van der Waals surface area contributed by atoms with Gasteiger partial charge < -0.3 is 10.6 Å². The van der Waals surface area contributed by atoms with Gasteiger partial charge in [-0.25, -0.2) is 4.39 Å². The van der Waals surface area contributed by atoms with Gasteiger partial charge in [-0.2, -0.15) is 0 Å². The highest BCUT2D eigenvalue weighted by atomic mass is 19.1. The van der Waals surface area contributed by atoms with Gasteiger partial charge in [-0.1, -0.05) is 13.3 Å². The van der Waals surface area contributed by atoms with Gasteiger partial charge in [-0.15, -0.1) is 0 Å². The summed E-state index contributed by atoms with van der Waals surface area (Å²) >= 11 is 0. The number of aromatic nitrogens is 1. The van der Waals surface area contributed by atoms with Gasteiger partial charge in [0.05, 0.1) is 11.8 Å². The van der Waals surface area contributed by atoms with Crippen molar-refractivity contribution >= 4 is 17.5 Å². The van der Waals surface area contributed by atoms with Crippen LogP contribution in [0.15, 0.2) is 48.8 Å². The number of carbonyl (C=O) groups is 2. The fourth-order valence-corrected chi connectivity index (χ4v) is 3.76. The molecular weight excluding hydrogens is 383 g/mol. The number of halogens is 1. The zero-order chi connectivity index (χ0) is 21.3. The fraction of sp³-hybridized carbons (Fsp3) is 0.435. The van der Waals surface area contributed by atoms with Crippen molar-refractivity contribution in [1.29, 1.82) is 0 Å². The minimum Gasteiger partial charge on any atom is -0.356 e. The molecule has 2 heterocycles. The molecule has 30 heavy (non-hydrogen) atoms. The van der Waals surface area contributed by atoms with Gasteiger partial charge in [-0.05, 0) is 54.8 Å². The van der Waals surface area contributed by atoms with Crippen molar-refractivity contribution in [2.24, 2.45) is 11.8 Å². The number of hydrogen-bond acceptors (Lipinski definition) is 4. The highest BCUT2D eigenvalue weighted by Crippen LogP contribution is 2.25. The van der Waals surface area contributed by atoms with Crippen LogP contribution in [-0.2, 0) is 16.1 Å². The number of piperidine rings is 1. The van der Waals surface area contributed by atoms with Gasteiger partial charge >= 0.3 is 0 Å². The van der Waals surface area contributed by atoms with Crippen LogP contribution in [-0.4, -0.2) is 41.3 Å². The molecule has 0 unspecified atom stereocenters. The maximum absolute atomic E-state index is 13.1. The molecule has 1 aromatic carbocycles. The number of rotatable bonds is 8. The standard InChI is InChI=1S/C23H29FN4O2/c1-2-3-10-26-22(29)18-13-19(23(30)27-21-6-4-20(24)5-7-21)16-28(15-18)14-17-8-11-25-12-9-17/h4-9,11-12,18-19H,2-3,10,13-16H2,1H3,(H,26,29)(H,27,30)/t18-,19+/m0/s1. The Balaban J connectivity index is 1.69. The molecule has 2 amide bonds. The number of anilines is 1. The van der Waals surface area contributed by atoms with E-state index in [4.69, 9.17) is 0 Å². The Hall–Kier alpha value is -2.80. The zero-order valence-corrected chi connectivity index (χ0v) is 17.3. The molecule has 0 bridgehead atoms. The monoisotopic (exact) mass is 412 g/mol. The van der Waals surface area contributed by atoms with Gasteiger partial charge in [0.2, 0.25) is 11.8 Å². The highest BCUT2D eigenvalue weighted by molar-refractivity contribution is 5.93. The predicted octanol–water partition coefficient (Wildman–Crippen LogP) is 3.21. The van der Waals surface area contributed by atoms with E-state index in [1.807, 2.05) is 12.1 Å². The van der Waals surface area contributed by atoms with E-state index < -0.39 is 0 Å². The lowest BCUT2D eigenvalue weighted by Crippen LogP contribution is -2.49. The molecule has 2 aromatic rings. The average Bonchev–Trinajstić information content (AvgIpc) is 2.76. The van der Waals surface area contributed by atoms with Crippen molar-refractivity contribution in [3.63, 3.8) is 0 Å². The van der Waals surface area contributed by atoms with Gasteiger partial charge in [0, 0.05) is 44.3 Å². The summed E-state index contributed by atoms with van der Waals surface area (Å²) in [6.45, 7) is 4.57. The van der Waals surface area contributed by atoms with Crippen molar-refractivity contribution in [2.45, 2.75) is 32.7 Å². The van der Waals surface area contributed by atoms with Crippen molar-refractivity contribution in [3.05, 3.63) is 60.2 Å². The summed E-state index contributed by atoms with van der Waals surface area (Å²) in [5, 5.41) is 5.87. The van der Waals surface area contributed by atoms with Crippen LogP contribution >= 0.6 is 0 Å². The Kier molecular flexibility index (Phi) is 7.90. The number of benzene rings is 1. The van der Waals surface area contributed by atoms with Crippen LogP contribution in [0.3, 0.4) is 0 Å². The second-order valence-corrected chi connectivity index (χ2v) is 7.82. The van der Waals surface area contributed by atoms with Crippen LogP contribution in [0.5, 0.6) is 0 Å². The van der Waals surface area contributed by atoms with Crippen molar-refractivity contribution < 1.29 is 14.0 Å². The van der Waals surface area contributed by atoms with Crippen LogP contribution in [0.25, 0.3) is 0 Å². The summed E-state index contributed by atoms with van der Waals surface area (Å²) in [4.78, 5) is 31.8. The van der Waals surface area contributed by atoms with Gasteiger partial charge in [0.25, 0.3) is 0 Å². The molecule has 1 fully saturated rings. The second kappa shape index (κ2) is 10.8. The van der Waals surface area contributed by atoms with Crippen LogP contribution in [0, 0.1) is 17.7 Å². The van der Waals surface area contributed by atoms with E-state index in [2.05, 4.69) is 27.4 Å². The van der Waals surface area contributed by atoms with Crippen molar-refractivity contribution in [3.8, 4) is 0 Å². The number of unbranched alkanes of at least 4 members (excludes halogenated alkanes) is 1. The summed E-state index contributed by atoms with van der Waals surface area (Å²) in [6.07, 6.45) is 5.94. The summed E-state index contributed by atoms with van der Waals surface area (Å²) in [6, 6.07) is 9.60. The van der Waals surface area contributed by atoms with Crippen molar-refractivity contribution in [1.82, 2.24) is 15.2 Å². The smallest absolute Gasteiger partial charge is 0.228 e. The Morgan fingerprint density at radius 1 is 1.07 bits per heavy atom. The van der Waals surface area contributed by atoms with Gasteiger partial charge in [0.15, 0.2) is 0 Å². The minimum atomic E-state index is -0.349. The highest BCUT2D eigenvalue weighted by Gasteiger charge is 2.35. The molecule has 1 aliphatic heterocycles. The van der Waals surface area contributed by atoms with E-state index in [1.54, 1.807) is 24.5 Å². The van der Waals surface area contributed by atoms with Crippen LogP contribution < -0.4 is 10.6 Å². The zero-order valence-electron chi connectivity index (χ0n) is 17.3. The van der Waals surface area contributed by atoms with Crippen LogP contribution in [0.1, 0.15) is 31.7 Å². The Bertz CT molecular complexity index is 829. The van der Waals surface area contributed by atoms with Crippen LogP contribution in [0.4, 0.5) is 10.1 Å². The Morgan fingerprint density at radius 3 is 2.40 bits per heavy atom. The molecule has 6 nitrogen and oxygen atoms in total. The van der Waals surface area contributed by atoms with E-state index >= 15 is 0 Å². The molecule has 2 N–H and O–H groups in total. The molecule has 3 rings (SSSR count). The molecule has 0 radical (unpaired) electrons. The van der Waals surface area contributed by atoms with E-state index in [0.29, 0.717) is 38.3 Å². The lowest BCUT2D eigenvalue weighted by atomic mass is 9.87. The summed E-state index contributed by atoms with van der Waals surface area (Å²) in [5.41, 5.74) is 1.64. The maximum Gasteiger partial charge on any atom is 0.228 e. The molecule has 0 spiro atoms. The summed E-state index contributed by atoms with van der Waals surface area (Å²) in [5.74, 6) is -1.07. The lowest BCUT2D eigenvalue weighted by molar-refractivity contribution is -0.130. The molecule has 7 heteroatoms. The molecule has 0 saturated carbocycles. The first kappa shape index (κ1) is 21.9. The number of nitrogens with one attached hydrogen (secondary N) is 2.